The first-order chi connectivity index (χ1) is 7.97. The van der Waals surface area contributed by atoms with Gasteiger partial charge in [0.05, 0.1) is 0 Å². The number of hydrogen-bond donors (Lipinski definition) is 0. The number of fused-ring (bicyclic) bond motifs is 5. The molecule has 3 rings (SSSR count). The highest BCUT2D eigenvalue weighted by molar-refractivity contribution is 5.76. The third-order valence-corrected chi connectivity index (χ3v) is 4.42. The summed E-state index contributed by atoms with van der Waals surface area (Å²) in [5, 5.41) is 0. The fourth-order valence-electron chi connectivity index (χ4n) is 3.83. The fourth-order valence-corrected chi connectivity index (χ4v) is 3.83. The predicted octanol–water partition coefficient (Wildman–Crippen LogP) is 2.69. The summed E-state index contributed by atoms with van der Waals surface area (Å²) in [7, 11) is 0. The highest BCUT2D eigenvalue weighted by Crippen LogP contribution is 2.57. The van der Waals surface area contributed by atoms with E-state index < -0.39 is 18.2 Å². The van der Waals surface area contributed by atoms with Crippen molar-refractivity contribution < 1.29 is 22.7 Å². The zero-order valence-electron chi connectivity index (χ0n) is 9.11. The monoisotopic (exact) mass is 246 g/mol. The quantitative estimate of drug-likeness (QED) is 0.525. The Bertz CT molecular complexity index is 374. The second-order valence-corrected chi connectivity index (χ2v) is 5.24. The maximum Gasteiger partial charge on any atom is 0.490 e. The van der Waals surface area contributed by atoms with Crippen molar-refractivity contribution in [2.75, 3.05) is 0 Å². The molecular weight excluding hydrogens is 233 g/mol. The molecule has 17 heavy (non-hydrogen) atoms. The number of carbonyl (C=O) groups is 1. The summed E-state index contributed by atoms with van der Waals surface area (Å²) in [4.78, 5) is 10.8. The molecule has 0 N–H and O–H groups in total. The van der Waals surface area contributed by atoms with Gasteiger partial charge in [-0.1, -0.05) is 6.08 Å². The van der Waals surface area contributed by atoms with Crippen molar-refractivity contribution in [3.8, 4) is 0 Å². The van der Waals surface area contributed by atoms with E-state index in [9.17, 15) is 18.0 Å². The Morgan fingerprint density at radius 2 is 1.88 bits per heavy atom. The standard InChI is InChI=1S/C12H13F3O2/c13-12(14,15)11(16)17-9-4-3-8-6-1-2-7(5-6)10(8)9/h3-4,6-10H,1-2,5H2/t6?,7?,8?,9-,10?/m1/s1. The third kappa shape index (κ3) is 1.67. The molecule has 2 bridgehead atoms. The van der Waals surface area contributed by atoms with Crippen molar-refractivity contribution in [1.82, 2.24) is 0 Å². The molecule has 0 saturated heterocycles. The smallest absolute Gasteiger partial charge is 0.451 e. The molecule has 5 heteroatoms. The van der Waals surface area contributed by atoms with Gasteiger partial charge in [0.1, 0.15) is 6.10 Å². The zero-order valence-corrected chi connectivity index (χ0v) is 9.11. The lowest BCUT2D eigenvalue weighted by Crippen LogP contribution is -2.35. The van der Waals surface area contributed by atoms with Crippen LogP contribution in [0.3, 0.4) is 0 Å². The number of allylic oxidation sites excluding steroid dienone is 1. The van der Waals surface area contributed by atoms with Gasteiger partial charge in [-0.25, -0.2) is 4.79 Å². The minimum Gasteiger partial charge on any atom is -0.451 e. The van der Waals surface area contributed by atoms with Gasteiger partial charge in [0, 0.05) is 5.92 Å². The molecule has 0 radical (unpaired) electrons. The summed E-state index contributed by atoms with van der Waals surface area (Å²) in [6, 6.07) is 0. The van der Waals surface area contributed by atoms with E-state index >= 15 is 0 Å². The van der Waals surface area contributed by atoms with E-state index in [-0.39, 0.29) is 5.92 Å². The Labute approximate surface area is 96.8 Å². The van der Waals surface area contributed by atoms with E-state index in [4.69, 9.17) is 0 Å². The largest absolute Gasteiger partial charge is 0.490 e. The number of hydrogen-bond acceptors (Lipinski definition) is 2. The Kier molecular flexibility index (Phi) is 2.28. The van der Waals surface area contributed by atoms with Gasteiger partial charge < -0.3 is 4.74 Å². The lowest BCUT2D eigenvalue weighted by Gasteiger charge is -2.28. The second kappa shape index (κ2) is 3.50. The van der Waals surface area contributed by atoms with Gasteiger partial charge in [-0.15, -0.1) is 0 Å². The summed E-state index contributed by atoms with van der Waals surface area (Å²) < 4.78 is 41.0. The number of alkyl halides is 3. The molecule has 3 aliphatic carbocycles. The molecule has 0 spiro atoms. The van der Waals surface area contributed by atoms with Crippen molar-refractivity contribution in [3.05, 3.63) is 12.2 Å². The summed E-state index contributed by atoms with van der Waals surface area (Å²) >= 11 is 0. The summed E-state index contributed by atoms with van der Waals surface area (Å²) in [5.74, 6) is -0.600. The average Bonchev–Trinajstić information content (AvgIpc) is 2.87. The maximum absolute atomic E-state index is 12.1. The van der Waals surface area contributed by atoms with E-state index in [0.717, 1.165) is 19.3 Å². The number of carbonyl (C=O) groups excluding carboxylic acids is 1. The fraction of sp³-hybridized carbons (Fsp3) is 0.750. The average molecular weight is 246 g/mol. The molecule has 0 aromatic heterocycles. The van der Waals surface area contributed by atoms with E-state index in [1.807, 2.05) is 6.08 Å². The third-order valence-electron chi connectivity index (χ3n) is 4.42. The number of esters is 1. The van der Waals surface area contributed by atoms with Crippen LogP contribution in [-0.2, 0) is 9.53 Å². The second-order valence-electron chi connectivity index (χ2n) is 5.24. The van der Waals surface area contributed by atoms with Gasteiger partial charge in [0.15, 0.2) is 0 Å². The van der Waals surface area contributed by atoms with Gasteiger partial charge >= 0.3 is 12.1 Å². The molecule has 3 aliphatic rings. The van der Waals surface area contributed by atoms with Crippen molar-refractivity contribution in [1.29, 1.82) is 0 Å². The molecule has 0 aliphatic heterocycles. The molecule has 0 heterocycles. The van der Waals surface area contributed by atoms with Crippen LogP contribution >= 0.6 is 0 Å². The summed E-state index contributed by atoms with van der Waals surface area (Å²) in [6.45, 7) is 0. The SMILES string of the molecule is O=C(O[C@@H]1C=CC2C3CCC(C3)C21)C(F)(F)F. The molecule has 0 amide bonds. The van der Waals surface area contributed by atoms with Crippen molar-refractivity contribution in [2.45, 2.75) is 31.5 Å². The van der Waals surface area contributed by atoms with Gasteiger partial charge in [-0.3, -0.25) is 0 Å². The first kappa shape index (κ1) is 11.1. The van der Waals surface area contributed by atoms with Crippen molar-refractivity contribution in [3.63, 3.8) is 0 Å². The van der Waals surface area contributed by atoms with Crippen molar-refractivity contribution in [2.24, 2.45) is 23.7 Å². The Morgan fingerprint density at radius 1 is 1.18 bits per heavy atom. The minimum absolute atomic E-state index is 0.0973. The predicted molar refractivity (Wildman–Crippen MR) is 52.9 cm³/mol. The van der Waals surface area contributed by atoms with Crippen LogP contribution in [-0.4, -0.2) is 18.2 Å². The normalized spacial score (nSPS) is 42.9. The van der Waals surface area contributed by atoms with E-state index in [0.29, 0.717) is 17.8 Å². The minimum atomic E-state index is -4.89. The van der Waals surface area contributed by atoms with Crippen LogP contribution in [0.15, 0.2) is 12.2 Å². The van der Waals surface area contributed by atoms with Crippen LogP contribution in [0.2, 0.25) is 0 Å². The molecule has 0 aromatic rings. The van der Waals surface area contributed by atoms with Crippen LogP contribution in [0, 0.1) is 23.7 Å². The highest BCUT2D eigenvalue weighted by atomic mass is 19.4. The summed E-state index contributed by atoms with van der Waals surface area (Å²) in [5.41, 5.74) is 0. The van der Waals surface area contributed by atoms with Gasteiger partial charge in [0.2, 0.25) is 0 Å². The molecule has 2 nitrogen and oxygen atoms in total. The van der Waals surface area contributed by atoms with E-state index in [2.05, 4.69) is 4.74 Å². The first-order valence-electron chi connectivity index (χ1n) is 5.93. The number of rotatable bonds is 1. The topological polar surface area (TPSA) is 26.3 Å². The van der Waals surface area contributed by atoms with Gasteiger partial charge in [0.25, 0.3) is 0 Å². The van der Waals surface area contributed by atoms with Crippen LogP contribution in [0.1, 0.15) is 19.3 Å². The van der Waals surface area contributed by atoms with Crippen LogP contribution in [0.5, 0.6) is 0 Å². The lowest BCUT2D eigenvalue weighted by atomic mass is 9.80. The van der Waals surface area contributed by atoms with Gasteiger partial charge in [-0.05, 0) is 43.1 Å². The van der Waals surface area contributed by atoms with Crippen LogP contribution < -0.4 is 0 Å². The Morgan fingerprint density at radius 3 is 2.59 bits per heavy atom. The Balaban J connectivity index is 1.70. The zero-order chi connectivity index (χ0) is 12.2. The van der Waals surface area contributed by atoms with Crippen molar-refractivity contribution >= 4 is 5.97 Å². The molecule has 5 atom stereocenters. The number of ether oxygens (including phenoxy) is 1. The molecule has 2 fully saturated rings. The first-order valence-corrected chi connectivity index (χ1v) is 5.93. The molecular formula is C12H13F3O2. The van der Waals surface area contributed by atoms with E-state index in [1.54, 1.807) is 6.08 Å². The molecule has 2 saturated carbocycles. The van der Waals surface area contributed by atoms with E-state index in [1.165, 1.54) is 0 Å². The van der Waals surface area contributed by atoms with Crippen LogP contribution in [0.25, 0.3) is 0 Å². The lowest BCUT2D eigenvalue weighted by molar-refractivity contribution is -0.205. The molecule has 0 aromatic carbocycles. The maximum atomic E-state index is 12.1. The Hall–Kier alpha value is -1.00. The molecule has 94 valence electrons. The molecule has 4 unspecified atom stereocenters. The summed E-state index contributed by atoms with van der Waals surface area (Å²) in [6.07, 6.45) is 1.35. The van der Waals surface area contributed by atoms with Crippen LogP contribution in [0.4, 0.5) is 13.2 Å². The highest BCUT2D eigenvalue weighted by Gasteiger charge is 2.53. The number of halogens is 3. The van der Waals surface area contributed by atoms with Gasteiger partial charge in [-0.2, -0.15) is 13.2 Å².